The molecule has 6 nitrogen and oxygen atoms in total. The van der Waals surface area contributed by atoms with Gasteiger partial charge in [-0.15, -0.1) is 0 Å². The van der Waals surface area contributed by atoms with Crippen LogP contribution in [-0.2, 0) is 10.3 Å². The van der Waals surface area contributed by atoms with Crippen molar-refractivity contribution in [2.45, 2.75) is 19.4 Å². The van der Waals surface area contributed by atoms with Crippen molar-refractivity contribution < 1.29 is 18.8 Å². The van der Waals surface area contributed by atoms with Crippen LogP contribution < -0.4 is 4.90 Å². The van der Waals surface area contributed by atoms with E-state index in [9.17, 15) is 18.8 Å². The van der Waals surface area contributed by atoms with Crippen LogP contribution in [0.15, 0.2) is 72.8 Å². The number of hydrogen-bond donors (Lipinski definition) is 0. The largest absolute Gasteiger partial charge is 0.300 e. The minimum absolute atomic E-state index is 0.297. The lowest BCUT2D eigenvalue weighted by molar-refractivity contribution is -0.120. The molecule has 1 aromatic heterocycles. The second kappa shape index (κ2) is 8.29. The van der Waals surface area contributed by atoms with Crippen LogP contribution in [0.25, 0.3) is 16.8 Å². The molecule has 0 bridgehead atoms. The summed E-state index contributed by atoms with van der Waals surface area (Å²) in [6, 6.07) is 20.2. The van der Waals surface area contributed by atoms with Gasteiger partial charge in [-0.05, 0) is 50.2 Å². The molecule has 0 atom stereocenters. The summed E-state index contributed by atoms with van der Waals surface area (Å²) in [6.07, 6.45) is 0. The molecule has 0 saturated heterocycles. The highest BCUT2D eigenvalue weighted by Crippen LogP contribution is 2.51. The molecule has 0 spiro atoms. The number of para-hydroxylation sites is 1. The molecule has 2 aliphatic rings. The Hall–Kier alpha value is -3.95. The number of anilines is 1. The van der Waals surface area contributed by atoms with Gasteiger partial charge < -0.3 is 0 Å². The Morgan fingerprint density at radius 1 is 0.919 bits per heavy atom. The number of fused-ring (bicyclic) bond motifs is 4. The molecule has 3 amide bonds. The summed E-state index contributed by atoms with van der Waals surface area (Å²) >= 11 is 7.21. The lowest BCUT2D eigenvalue weighted by Crippen LogP contribution is -2.52. The fourth-order valence-electron chi connectivity index (χ4n) is 5.12. The Balaban J connectivity index is 1.45. The summed E-state index contributed by atoms with van der Waals surface area (Å²) < 4.78 is 16.3. The SMILES string of the molecule is CC1(C)c2sn(-c3cccc(F)c3)c(=S)c2-c2ccccc2N1C(=O)CN1C(=O)c2ccccc2C1=O. The normalized spacial score (nSPS) is 15.4. The highest BCUT2D eigenvalue weighted by atomic mass is 32.1. The third kappa shape index (κ3) is 3.42. The molecule has 9 heteroatoms. The molecule has 3 heterocycles. The first-order chi connectivity index (χ1) is 17.7. The van der Waals surface area contributed by atoms with Crippen LogP contribution in [0, 0.1) is 10.5 Å². The average molecular weight is 530 g/mol. The molecule has 4 aromatic rings. The van der Waals surface area contributed by atoms with E-state index in [0.717, 1.165) is 20.9 Å². The number of rotatable bonds is 3. The van der Waals surface area contributed by atoms with E-state index >= 15 is 0 Å². The van der Waals surface area contributed by atoms with Crippen molar-refractivity contribution in [1.82, 2.24) is 8.86 Å². The van der Waals surface area contributed by atoms with Gasteiger partial charge in [0.15, 0.2) is 0 Å². The quantitative estimate of drug-likeness (QED) is 0.243. The van der Waals surface area contributed by atoms with Crippen molar-refractivity contribution in [3.63, 3.8) is 0 Å². The standard InChI is InChI=1S/C28H20FN3O3S2/c1-28(2)24-23(27(36)32(37-24)17-9-7-8-16(29)14-17)20-12-5-6-13-21(20)31(28)22(33)15-30-25(34)18-10-3-4-11-19(18)26(30)35/h3-14H,15H2,1-2H3. The average Bonchev–Trinajstić information content (AvgIpc) is 3.35. The third-order valence-corrected chi connectivity index (χ3v) is 8.77. The number of amides is 3. The Bertz CT molecular complexity index is 1670. The number of nitrogens with zero attached hydrogens (tertiary/aromatic N) is 3. The summed E-state index contributed by atoms with van der Waals surface area (Å²) in [5, 5.41) is 0. The first-order valence-corrected chi connectivity index (χ1v) is 12.8. The number of carbonyl (C=O) groups excluding carboxylic acids is 3. The van der Waals surface area contributed by atoms with Gasteiger partial charge in [0.05, 0.1) is 32.9 Å². The predicted octanol–water partition coefficient (Wildman–Crippen LogP) is 5.95. The van der Waals surface area contributed by atoms with E-state index in [-0.39, 0.29) is 5.82 Å². The smallest absolute Gasteiger partial charge is 0.262 e. The number of benzene rings is 3. The zero-order valence-corrected chi connectivity index (χ0v) is 21.5. The van der Waals surface area contributed by atoms with E-state index < -0.39 is 29.8 Å². The maximum atomic E-state index is 14.0. The number of carbonyl (C=O) groups is 3. The van der Waals surface area contributed by atoms with Crippen molar-refractivity contribution in [3.05, 3.63) is 99.3 Å². The molecule has 6 rings (SSSR count). The lowest BCUT2D eigenvalue weighted by Gasteiger charge is -2.43. The summed E-state index contributed by atoms with van der Waals surface area (Å²) in [5.74, 6) is -1.73. The fraction of sp³-hybridized carbons (Fsp3) is 0.143. The summed E-state index contributed by atoms with van der Waals surface area (Å²) in [4.78, 5) is 43.3. The van der Waals surface area contributed by atoms with Gasteiger partial charge in [0, 0.05) is 11.1 Å². The number of imide groups is 1. The lowest BCUT2D eigenvalue weighted by atomic mass is 9.87. The van der Waals surface area contributed by atoms with Gasteiger partial charge in [-0.25, -0.2) is 4.39 Å². The molecule has 0 unspecified atom stereocenters. The van der Waals surface area contributed by atoms with Crippen molar-refractivity contribution in [1.29, 1.82) is 0 Å². The molecule has 0 aliphatic carbocycles. The predicted molar refractivity (Wildman–Crippen MR) is 142 cm³/mol. The first-order valence-electron chi connectivity index (χ1n) is 11.6. The van der Waals surface area contributed by atoms with E-state index in [1.165, 1.54) is 23.7 Å². The van der Waals surface area contributed by atoms with Crippen molar-refractivity contribution in [2.24, 2.45) is 0 Å². The van der Waals surface area contributed by atoms with Gasteiger partial charge in [0.2, 0.25) is 5.91 Å². The van der Waals surface area contributed by atoms with Gasteiger partial charge in [0.25, 0.3) is 11.8 Å². The summed E-state index contributed by atoms with van der Waals surface area (Å²) in [5.41, 5.74) is 2.55. The zero-order chi connectivity index (χ0) is 26.1. The Morgan fingerprint density at radius 3 is 2.19 bits per heavy atom. The zero-order valence-electron chi connectivity index (χ0n) is 19.9. The molecular weight excluding hydrogens is 509 g/mol. The van der Waals surface area contributed by atoms with E-state index in [0.29, 0.717) is 27.1 Å². The van der Waals surface area contributed by atoms with Gasteiger partial charge >= 0.3 is 0 Å². The molecule has 0 saturated carbocycles. The van der Waals surface area contributed by atoms with Gasteiger partial charge in [0.1, 0.15) is 17.0 Å². The molecule has 0 N–H and O–H groups in total. The topological polar surface area (TPSA) is 62.6 Å². The van der Waals surface area contributed by atoms with Crippen LogP contribution >= 0.6 is 23.8 Å². The second-order valence-electron chi connectivity index (χ2n) is 9.42. The fourth-order valence-corrected chi connectivity index (χ4v) is 6.80. The highest BCUT2D eigenvalue weighted by molar-refractivity contribution is 7.71. The Morgan fingerprint density at radius 2 is 1.54 bits per heavy atom. The maximum absolute atomic E-state index is 14.0. The van der Waals surface area contributed by atoms with Gasteiger partial charge in [-0.2, -0.15) is 0 Å². The Kier molecular flexibility index (Phi) is 5.25. The van der Waals surface area contributed by atoms with Crippen LogP contribution in [0.5, 0.6) is 0 Å². The molecule has 3 aromatic carbocycles. The molecule has 184 valence electrons. The summed E-state index contributed by atoms with van der Waals surface area (Å²) in [7, 11) is 0. The van der Waals surface area contributed by atoms with E-state index in [4.69, 9.17) is 12.2 Å². The first kappa shape index (κ1) is 23.4. The van der Waals surface area contributed by atoms with Crippen molar-refractivity contribution in [2.75, 3.05) is 11.4 Å². The molecule has 0 fully saturated rings. The third-order valence-electron chi connectivity index (χ3n) is 6.80. The Labute approximate surface area is 221 Å². The van der Waals surface area contributed by atoms with Gasteiger partial charge in [-0.3, -0.25) is 28.1 Å². The van der Waals surface area contributed by atoms with Crippen LogP contribution in [0.3, 0.4) is 0 Å². The van der Waals surface area contributed by atoms with Crippen LogP contribution in [0.2, 0.25) is 0 Å². The maximum Gasteiger partial charge on any atom is 0.262 e. The van der Waals surface area contributed by atoms with E-state index in [1.54, 1.807) is 45.3 Å². The molecule has 2 aliphatic heterocycles. The van der Waals surface area contributed by atoms with Crippen molar-refractivity contribution in [3.8, 4) is 16.8 Å². The molecule has 37 heavy (non-hydrogen) atoms. The van der Waals surface area contributed by atoms with Gasteiger partial charge in [-0.1, -0.05) is 60.1 Å². The van der Waals surface area contributed by atoms with Crippen LogP contribution in [-0.4, -0.2) is 33.1 Å². The minimum atomic E-state index is -0.865. The summed E-state index contributed by atoms with van der Waals surface area (Å²) in [6.45, 7) is 3.42. The minimum Gasteiger partial charge on any atom is -0.300 e. The van der Waals surface area contributed by atoms with E-state index in [1.807, 2.05) is 38.1 Å². The molecule has 0 radical (unpaired) electrons. The van der Waals surface area contributed by atoms with Crippen LogP contribution in [0.1, 0.15) is 39.4 Å². The monoisotopic (exact) mass is 529 g/mol. The second-order valence-corrected chi connectivity index (χ2v) is 10.8. The van der Waals surface area contributed by atoms with E-state index in [2.05, 4.69) is 0 Å². The highest BCUT2D eigenvalue weighted by Gasteiger charge is 2.45. The van der Waals surface area contributed by atoms with Crippen molar-refractivity contribution >= 4 is 47.2 Å². The number of aromatic nitrogens is 1. The number of halogens is 1. The number of hydrogen-bond acceptors (Lipinski definition) is 5. The van der Waals surface area contributed by atoms with Crippen LogP contribution in [0.4, 0.5) is 10.1 Å². The molecular formula is C28H20FN3O3S2.